The van der Waals surface area contributed by atoms with Crippen molar-refractivity contribution in [2.75, 3.05) is 12.3 Å². The second-order valence-electron chi connectivity index (χ2n) is 5.35. The van der Waals surface area contributed by atoms with Crippen LogP contribution < -0.4 is 5.63 Å². The Balaban J connectivity index is 1.95. The molecule has 0 bridgehead atoms. The Kier molecular flexibility index (Phi) is 4.78. The van der Waals surface area contributed by atoms with Crippen molar-refractivity contribution in [1.29, 1.82) is 0 Å². The first-order valence-electron chi connectivity index (χ1n) is 7.29. The van der Waals surface area contributed by atoms with E-state index < -0.39 is 5.63 Å². The van der Waals surface area contributed by atoms with E-state index in [1.807, 2.05) is 24.3 Å². The molecule has 0 spiro atoms. The number of nitrogens with zero attached hydrogens (tertiary/aromatic N) is 1. The molecule has 1 aromatic heterocycles. The van der Waals surface area contributed by atoms with Gasteiger partial charge in [0.15, 0.2) is 0 Å². The molecule has 6 heteroatoms. The predicted octanol–water partition coefficient (Wildman–Crippen LogP) is 3.97. The summed E-state index contributed by atoms with van der Waals surface area (Å²) in [6.07, 6.45) is 0.563. The summed E-state index contributed by atoms with van der Waals surface area (Å²) >= 11 is 7.73. The molecule has 4 nitrogen and oxygen atoms in total. The van der Waals surface area contributed by atoms with Crippen molar-refractivity contribution in [1.82, 2.24) is 0 Å². The van der Waals surface area contributed by atoms with E-state index in [2.05, 4.69) is 4.99 Å². The molecule has 1 aliphatic heterocycles. The Hall–Kier alpha value is -1.72. The van der Waals surface area contributed by atoms with Gasteiger partial charge in [-0.3, -0.25) is 4.99 Å². The molecule has 2 heterocycles. The van der Waals surface area contributed by atoms with Crippen LogP contribution in [0.5, 0.6) is 5.75 Å². The molecule has 0 aliphatic carbocycles. The van der Waals surface area contributed by atoms with Crippen LogP contribution in [-0.4, -0.2) is 23.1 Å². The zero-order chi connectivity index (χ0) is 16.4. The van der Waals surface area contributed by atoms with E-state index in [9.17, 15) is 9.90 Å². The summed E-state index contributed by atoms with van der Waals surface area (Å²) in [5.74, 6) is 1.17. The average Bonchev–Trinajstić information content (AvgIpc) is 2.73. The summed E-state index contributed by atoms with van der Waals surface area (Å²) in [6, 6.07) is 9.14. The highest BCUT2D eigenvalue weighted by Crippen LogP contribution is 2.36. The maximum absolute atomic E-state index is 12.1. The molecule has 23 heavy (non-hydrogen) atoms. The van der Waals surface area contributed by atoms with Crippen molar-refractivity contribution in [3.63, 3.8) is 0 Å². The third-order valence-electron chi connectivity index (χ3n) is 3.68. The molecule has 120 valence electrons. The lowest BCUT2D eigenvalue weighted by Crippen LogP contribution is -2.17. The van der Waals surface area contributed by atoms with Gasteiger partial charge >= 0.3 is 5.63 Å². The molecule has 0 amide bonds. The normalized spacial score (nSPS) is 18.3. The molecular formula is C17H16ClNO3S. The van der Waals surface area contributed by atoms with Crippen LogP contribution in [0, 0.1) is 6.92 Å². The summed E-state index contributed by atoms with van der Waals surface area (Å²) < 4.78 is 5.12. The fraction of sp³-hybridized carbons (Fsp3) is 0.294. The molecule has 2 aromatic rings. The van der Waals surface area contributed by atoms with E-state index in [0.29, 0.717) is 29.5 Å². The SMILES string of the molecule is Cc1cc(O)c(C2=NCCSC(c3ccc(Cl)cc3)C2)c(=O)o1. The highest BCUT2D eigenvalue weighted by Gasteiger charge is 2.23. The summed E-state index contributed by atoms with van der Waals surface area (Å²) in [4.78, 5) is 16.6. The monoisotopic (exact) mass is 349 g/mol. The fourth-order valence-corrected chi connectivity index (χ4v) is 3.84. The molecule has 1 unspecified atom stereocenters. The highest BCUT2D eigenvalue weighted by atomic mass is 35.5. The molecule has 1 aromatic carbocycles. The topological polar surface area (TPSA) is 62.8 Å². The Morgan fingerprint density at radius 2 is 2.09 bits per heavy atom. The maximum Gasteiger partial charge on any atom is 0.348 e. The Morgan fingerprint density at radius 1 is 1.35 bits per heavy atom. The number of aromatic hydroxyl groups is 1. The lowest BCUT2D eigenvalue weighted by atomic mass is 10.0. The van der Waals surface area contributed by atoms with E-state index >= 15 is 0 Å². The first kappa shape index (κ1) is 16.1. The summed E-state index contributed by atoms with van der Waals surface area (Å²) in [7, 11) is 0. The first-order chi connectivity index (χ1) is 11.0. The zero-order valence-electron chi connectivity index (χ0n) is 12.6. The second kappa shape index (κ2) is 6.81. The summed E-state index contributed by atoms with van der Waals surface area (Å²) in [6.45, 7) is 2.24. The van der Waals surface area contributed by atoms with Gasteiger partial charge in [0.1, 0.15) is 17.1 Å². The number of benzene rings is 1. The van der Waals surface area contributed by atoms with E-state index in [1.54, 1.807) is 18.7 Å². The standard InChI is InChI=1S/C17H16ClNO3S/c1-10-8-14(20)16(17(21)22-10)13-9-15(23-7-6-19-13)11-2-4-12(18)5-3-11/h2-5,8,15,20H,6-7,9H2,1H3. The van der Waals surface area contributed by atoms with Gasteiger partial charge in [-0.15, -0.1) is 0 Å². The third-order valence-corrected chi connectivity index (χ3v) is 5.19. The molecule has 1 atom stereocenters. The summed E-state index contributed by atoms with van der Waals surface area (Å²) in [5.41, 5.74) is 1.37. The van der Waals surface area contributed by atoms with E-state index in [0.717, 1.165) is 11.3 Å². The number of hydrogen-bond acceptors (Lipinski definition) is 5. The number of hydrogen-bond donors (Lipinski definition) is 1. The average molecular weight is 350 g/mol. The van der Waals surface area contributed by atoms with Crippen LogP contribution in [0.1, 0.15) is 28.6 Å². The Labute approximate surface area is 143 Å². The second-order valence-corrected chi connectivity index (χ2v) is 7.10. The molecule has 1 aliphatic rings. The van der Waals surface area contributed by atoms with Gasteiger partial charge in [-0.25, -0.2) is 4.79 Å². The van der Waals surface area contributed by atoms with Crippen LogP contribution >= 0.6 is 23.4 Å². The third kappa shape index (κ3) is 3.62. The molecular weight excluding hydrogens is 334 g/mol. The van der Waals surface area contributed by atoms with Crippen LogP contribution in [0.25, 0.3) is 0 Å². The Morgan fingerprint density at radius 3 is 2.78 bits per heavy atom. The largest absolute Gasteiger partial charge is 0.507 e. The number of aryl methyl sites for hydroxylation is 1. The number of thioether (sulfide) groups is 1. The van der Waals surface area contributed by atoms with Gasteiger partial charge in [0.25, 0.3) is 0 Å². The lowest BCUT2D eigenvalue weighted by Gasteiger charge is -2.15. The Bertz CT molecular complexity index is 798. The minimum atomic E-state index is -0.539. The van der Waals surface area contributed by atoms with E-state index in [4.69, 9.17) is 16.0 Å². The van der Waals surface area contributed by atoms with Gasteiger partial charge in [0.2, 0.25) is 0 Å². The summed E-state index contributed by atoms with van der Waals surface area (Å²) in [5, 5.41) is 11.0. The smallest absolute Gasteiger partial charge is 0.348 e. The number of halogens is 1. The van der Waals surface area contributed by atoms with Gasteiger partial charge in [-0.05, 0) is 24.6 Å². The fourth-order valence-electron chi connectivity index (χ4n) is 2.61. The van der Waals surface area contributed by atoms with Crippen LogP contribution in [-0.2, 0) is 0 Å². The van der Waals surface area contributed by atoms with Crippen molar-refractivity contribution in [2.24, 2.45) is 4.99 Å². The van der Waals surface area contributed by atoms with Gasteiger partial charge in [0.05, 0.1) is 5.71 Å². The lowest BCUT2D eigenvalue weighted by molar-refractivity contribution is 0.432. The minimum Gasteiger partial charge on any atom is -0.507 e. The van der Waals surface area contributed by atoms with Gasteiger partial charge in [-0.2, -0.15) is 11.8 Å². The van der Waals surface area contributed by atoms with Crippen LogP contribution in [0.3, 0.4) is 0 Å². The molecule has 0 radical (unpaired) electrons. The van der Waals surface area contributed by atoms with Crippen LogP contribution in [0.4, 0.5) is 0 Å². The van der Waals surface area contributed by atoms with Gasteiger partial charge in [-0.1, -0.05) is 23.7 Å². The maximum atomic E-state index is 12.1. The zero-order valence-corrected chi connectivity index (χ0v) is 14.2. The van der Waals surface area contributed by atoms with Crippen molar-refractivity contribution in [2.45, 2.75) is 18.6 Å². The molecule has 3 rings (SSSR count). The van der Waals surface area contributed by atoms with Crippen molar-refractivity contribution >= 4 is 29.1 Å². The first-order valence-corrected chi connectivity index (χ1v) is 8.72. The highest BCUT2D eigenvalue weighted by molar-refractivity contribution is 7.99. The molecule has 1 N–H and O–H groups in total. The van der Waals surface area contributed by atoms with Crippen molar-refractivity contribution in [3.8, 4) is 5.75 Å². The van der Waals surface area contributed by atoms with Crippen LogP contribution in [0.2, 0.25) is 5.02 Å². The molecule has 0 fully saturated rings. The van der Waals surface area contributed by atoms with Crippen molar-refractivity contribution < 1.29 is 9.52 Å². The molecule has 0 saturated heterocycles. The van der Waals surface area contributed by atoms with Gasteiger partial charge < -0.3 is 9.52 Å². The number of rotatable bonds is 2. The number of aliphatic imine (C=N–C) groups is 1. The van der Waals surface area contributed by atoms with Crippen LogP contribution in [0.15, 0.2) is 44.5 Å². The van der Waals surface area contributed by atoms with Crippen molar-refractivity contribution in [3.05, 3.63) is 62.7 Å². The van der Waals surface area contributed by atoms with E-state index in [-0.39, 0.29) is 16.6 Å². The molecule has 0 saturated carbocycles. The minimum absolute atomic E-state index is 0.0701. The quantitative estimate of drug-likeness (QED) is 0.890. The predicted molar refractivity (Wildman–Crippen MR) is 94.1 cm³/mol. The van der Waals surface area contributed by atoms with Gasteiger partial charge in [0, 0.05) is 35.1 Å². The van der Waals surface area contributed by atoms with E-state index in [1.165, 1.54) is 6.07 Å².